The molecule has 5 nitrogen and oxygen atoms in total. The van der Waals surface area contributed by atoms with Crippen molar-refractivity contribution in [2.45, 2.75) is 12.8 Å². The van der Waals surface area contributed by atoms with Crippen molar-refractivity contribution in [3.63, 3.8) is 0 Å². The van der Waals surface area contributed by atoms with E-state index in [2.05, 4.69) is 5.32 Å². The molecule has 2 saturated heterocycles. The van der Waals surface area contributed by atoms with Crippen LogP contribution in [0.5, 0.6) is 0 Å². The maximum atomic E-state index is 11.9. The number of carbonyl (C=O) groups is 2. The Bertz CT molecular complexity index is 274. The third-order valence-corrected chi connectivity index (χ3v) is 3.26. The van der Waals surface area contributed by atoms with Crippen molar-refractivity contribution >= 4 is 11.9 Å². The van der Waals surface area contributed by atoms with Gasteiger partial charge in [-0.25, -0.2) is 0 Å². The molecule has 15 heavy (non-hydrogen) atoms. The van der Waals surface area contributed by atoms with Gasteiger partial charge in [-0.3, -0.25) is 9.59 Å². The van der Waals surface area contributed by atoms with Crippen LogP contribution in [0.25, 0.3) is 0 Å². The van der Waals surface area contributed by atoms with Gasteiger partial charge >= 0.3 is 5.97 Å². The van der Waals surface area contributed by atoms with Crippen LogP contribution in [-0.4, -0.2) is 48.1 Å². The lowest BCUT2D eigenvalue weighted by atomic mass is 10.1. The highest BCUT2D eigenvalue weighted by molar-refractivity contribution is 5.81. The van der Waals surface area contributed by atoms with Gasteiger partial charge in [-0.1, -0.05) is 0 Å². The Kier molecular flexibility index (Phi) is 2.90. The molecule has 1 amide bonds. The van der Waals surface area contributed by atoms with E-state index < -0.39 is 5.97 Å². The van der Waals surface area contributed by atoms with Crippen molar-refractivity contribution in [2.24, 2.45) is 11.8 Å². The maximum absolute atomic E-state index is 11.9. The van der Waals surface area contributed by atoms with Gasteiger partial charge < -0.3 is 15.3 Å². The van der Waals surface area contributed by atoms with E-state index in [1.54, 1.807) is 4.90 Å². The molecular formula is C10H16N2O3. The second-order valence-electron chi connectivity index (χ2n) is 4.30. The summed E-state index contributed by atoms with van der Waals surface area (Å²) in [5, 5.41) is 12.0. The molecule has 0 aliphatic carbocycles. The van der Waals surface area contributed by atoms with Gasteiger partial charge in [-0.15, -0.1) is 0 Å². The first-order valence-corrected chi connectivity index (χ1v) is 5.41. The van der Waals surface area contributed by atoms with Gasteiger partial charge in [0.25, 0.3) is 0 Å². The van der Waals surface area contributed by atoms with E-state index in [1.807, 2.05) is 0 Å². The van der Waals surface area contributed by atoms with Gasteiger partial charge in [-0.05, 0) is 19.4 Å². The molecule has 0 unspecified atom stereocenters. The minimum atomic E-state index is -0.783. The zero-order chi connectivity index (χ0) is 10.8. The average Bonchev–Trinajstić information content (AvgIpc) is 2.88. The van der Waals surface area contributed by atoms with E-state index in [0.717, 1.165) is 19.5 Å². The first kappa shape index (κ1) is 10.4. The van der Waals surface area contributed by atoms with Crippen LogP contribution in [-0.2, 0) is 9.59 Å². The van der Waals surface area contributed by atoms with E-state index in [9.17, 15) is 9.59 Å². The van der Waals surface area contributed by atoms with Crippen molar-refractivity contribution in [2.75, 3.05) is 26.2 Å². The fourth-order valence-corrected chi connectivity index (χ4v) is 2.29. The first-order chi connectivity index (χ1) is 7.18. The summed E-state index contributed by atoms with van der Waals surface area (Å²) in [7, 11) is 0. The molecule has 2 aliphatic rings. The Balaban J connectivity index is 1.89. The number of hydrogen-bond donors (Lipinski definition) is 2. The normalized spacial score (nSPS) is 30.8. The summed E-state index contributed by atoms with van der Waals surface area (Å²) in [6.45, 7) is 2.64. The highest BCUT2D eigenvalue weighted by Gasteiger charge is 2.34. The van der Waals surface area contributed by atoms with Crippen LogP contribution in [0.1, 0.15) is 12.8 Å². The number of carboxylic acid groups (broad SMARTS) is 1. The summed E-state index contributed by atoms with van der Waals surface area (Å²) in [5.41, 5.74) is 0. The first-order valence-electron chi connectivity index (χ1n) is 5.41. The lowest BCUT2D eigenvalue weighted by Gasteiger charge is -2.19. The Morgan fingerprint density at radius 2 is 2.07 bits per heavy atom. The van der Waals surface area contributed by atoms with Crippen molar-refractivity contribution in [1.29, 1.82) is 0 Å². The third kappa shape index (κ3) is 2.12. The Labute approximate surface area is 88.4 Å². The Hall–Kier alpha value is -1.10. The molecule has 0 bridgehead atoms. The predicted molar refractivity (Wildman–Crippen MR) is 53.3 cm³/mol. The van der Waals surface area contributed by atoms with Crippen LogP contribution in [0.15, 0.2) is 0 Å². The average molecular weight is 212 g/mol. The number of carboxylic acids is 1. The number of nitrogens with zero attached hydrogens (tertiary/aromatic N) is 1. The molecule has 0 spiro atoms. The van der Waals surface area contributed by atoms with Crippen molar-refractivity contribution < 1.29 is 14.7 Å². The topological polar surface area (TPSA) is 69.6 Å². The summed E-state index contributed by atoms with van der Waals surface area (Å²) in [5.74, 6) is -0.945. The van der Waals surface area contributed by atoms with E-state index >= 15 is 0 Å². The van der Waals surface area contributed by atoms with Crippen LogP contribution in [0, 0.1) is 11.8 Å². The smallest absolute Gasteiger partial charge is 0.308 e. The Morgan fingerprint density at radius 3 is 2.60 bits per heavy atom. The van der Waals surface area contributed by atoms with E-state index in [4.69, 9.17) is 5.11 Å². The van der Waals surface area contributed by atoms with Gasteiger partial charge in [0.1, 0.15) is 0 Å². The monoisotopic (exact) mass is 212 g/mol. The second-order valence-corrected chi connectivity index (χ2v) is 4.30. The number of aliphatic carboxylic acids is 1. The number of nitrogens with one attached hydrogen (secondary N) is 1. The number of carbonyl (C=O) groups excluding carboxylic acids is 1. The molecule has 84 valence electrons. The molecule has 0 aromatic carbocycles. The van der Waals surface area contributed by atoms with Gasteiger partial charge in [0.15, 0.2) is 0 Å². The van der Waals surface area contributed by atoms with Crippen molar-refractivity contribution in [3.8, 4) is 0 Å². The van der Waals surface area contributed by atoms with Crippen LogP contribution < -0.4 is 5.32 Å². The standard InChI is InChI=1S/C10H16N2O3/c13-9(7-1-3-11-5-7)12-4-2-8(6-12)10(14)15/h7-8,11H,1-6H2,(H,14,15)/t7-,8+/m0/s1. The number of rotatable bonds is 2. The molecule has 2 heterocycles. The highest BCUT2D eigenvalue weighted by Crippen LogP contribution is 2.20. The van der Waals surface area contributed by atoms with Gasteiger partial charge in [0.05, 0.1) is 11.8 Å². The minimum Gasteiger partial charge on any atom is -0.481 e. The number of amides is 1. The molecule has 2 N–H and O–H groups in total. The number of likely N-dealkylation sites (tertiary alicyclic amines) is 1. The summed E-state index contributed by atoms with van der Waals surface area (Å²) >= 11 is 0. The largest absolute Gasteiger partial charge is 0.481 e. The summed E-state index contributed by atoms with van der Waals surface area (Å²) in [6.07, 6.45) is 1.48. The molecule has 2 atom stereocenters. The molecule has 2 aliphatic heterocycles. The van der Waals surface area contributed by atoms with Gasteiger partial charge in [-0.2, -0.15) is 0 Å². The highest BCUT2D eigenvalue weighted by atomic mass is 16.4. The van der Waals surface area contributed by atoms with E-state index in [0.29, 0.717) is 19.5 Å². The number of hydrogen-bond acceptors (Lipinski definition) is 3. The van der Waals surface area contributed by atoms with E-state index in [1.165, 1.54) is 0 Å². The third-order valence-electron chi connectivity index (χ3n) is 3.26. The lowest BCUT2D eigenvalue weighted by molar-refractivity contribution is -0.141. The van der Waals surface area contributed by atoms with Crippen molar-refractivity contribution in [1.82, 2.24) is 10.2 Å². The molecule has 0 aromatic heterocycles. The molecule has 5 heteroatoms. The fraction of sp³-hybridized carbons (Fsp3) is 0.800. The molecular weight excluding hydrogens is 196 g/mol. The van der Waals surface area contributed by atoms with Gasteiger partial charge in [0.2, 0.25) is 5.91 Å². The molecule has 0 radical (unpaired) electrons. The van der Waals surface area contributed by atoms with Gasteiger partial charge in [0, 0.05) is 19.6 Å². The van der Waals surface area contributed by atoms with Crippen LogP contribution in [0.4, 0.5) is 0 Å². The summed E-state index contributed by atoms with van der Waals surface area (Å²) in [6, 6.07) is 0. The maximum Gasteiger partial charge on any atom is 0.308 e. The fourth-order valence-electron chi connectivity index (χ4n) is 2.29. The van der Waals surface area contributed by atoms with Crippen molar-refractivity contribution in [3.05, 3.63) is 0 Å². The molecule has 2 rings (SSSR count). The zero-order valence-electron chi connectivity index (χ0n) is 8.61. The molecule has 2 fully saturated rings. The van der Waals surface area contributed by atoms with Crippen LogP contribution in [0.3, 0.4) is 0 Å². The summed E-state index contributed by atoms with van der Waals surface area (Å²) < 4.78 is 0. The SMILES string of the molecule is O=C(O)[C@@H]1CCN(C(=O)[C@H]2CCNC2)C1. The van der Waals surface area contributed by atoms with Crippen LogP contribution >= 0.6 is 0 Å². The Morgan fingerprint density at radius 1 is 1.27 bits per heavy atom. The molecule has 0 saturated carbocycles. The van der Waals surface area contributed by atoms with Crippen LogP contribution in [0.2, 0.25) is 0 Å². The summed E-state index contributed by atoms with van der Waals surface area (Å²) in [4.78, 5) is 24.4. The molecule has 0 aromatic rings. The lowest BCUT2D eigenvalue weighted by Crippen LogP contribution is -2.36. The zero-order valence-corrected chi connectivity index (χ0v) is 8.61. The predicted octanol–water partition coefficient (Wildman–Crippen LogP) is -0.471. The van der Waals surface area contributed by atoms with E-state index in [-0.39, 0.29) is 17.7 Å². The quantitative estimate of drug-likeness (QED) is 0.649. The minimum absolute atomic E-state index is 0.0672. The second kappa shape index (κ2) is 4.18.